The second-order valence-corrected chi connectivity index (χ2v) is 8.72. The van der Waals surface area contributed by atoms with Crippen LogP contribution in [-0.4, -0.2) is 55.4 Å². The fraction of sp³-hybridized carbons (Fsp3) is 0.435. The SMILES string of the molecule is COc1ccc(CNC(=O)C2CCCN(Cc3nc(-c4cccs4)no3)C2)c(OC)c1OC. The van der Waals surface area contributed by atoms with Gasteiger partial charge in [0.1, 0.15) is 0 Å². The maximum absolute atomic E-state index is 12.9. The molecule has 1 aliphatic rings. The number of rotatable bonds is 9. The van der Waals surface area contributed by atoms with Gasteiger partial charge in [-0.2, -0.15) is 4.98 Å². The van der Waals surface area contributed by atoms with E-state index in [1.54, 1.807) is 38.7 Å². The van der Waals surface area contributed by atoms with Crippen LogP contribution in [0, 0.1) is 5.92 Å². The van der Waals surface area contributed by atoms with Crippen LogP contribution in [-0.2, 0) is 17.9 Å². The molecule has 1 fully saturated rings. The summed E-state index contributed by atoms with van der Waals surface area (Å²) in [4.78, 5) is 20.6. The molecule has 0 bridgehead atoms. The van der Waals surface area contributed by atoms with Gasteiger partial charge in [-0.05, 0) is 43.0 Å². The fourth-order valence-corrected chi connectivity index (χ4v) is 4.71. The summed E-state index contributed by atoms with van der Waals surface area (Å²) in [6.07, 6.45) is 1.78. The number of hydrogen-bond donors (Lipinski definition) is 1. The minimum Gasteiger partial charge on any atom is -0.493 e. The fourth-order valence-electron chi connectivity index (χ4n) is 4.06. The number of thiophene rings is 1. The summed E-state index contributed by atoms with van der Waals surface area (Å²) in [6, 6.07) is 7.60. The van der Waals surface area contributed by atoms with E-state index >= 15 is 0 Å². The molecule has 0 radical (unpaired) electrons. The van der Waals surface area contributed by atoms with E-state index in [0.717, 1.165) is 29.8 Å². The van der Waals surface area contributed by atoms with Gasteiger partial charge in [0.05, 0.1) is 38.7 Å². The van der Waals surface area contributed by atoms with Gasteiger partial charge in [0.15, 0.2) is 11.5 Å². The number of carbonyl (C=O) groups is 1. The third-order valence-electron chi connectivity index (χ3n) is 5.68. The summed E-state index contributed by atoms with van der Waals surface area (Å²) in [5.41, 5.74) is 0.822. The molecule has 0 aliphatic carbocycles. The smallest absolute Gasteiger partial charge is 0.241 e. The van der Waals surface area contributed by atoms with Crippen LogP contribution >= 0.6 is 11.3 Å². The topological polar surface area (TPSA) is 99.0 Å². The minimum atomic E-state index is -0.107. The quantitative estimate of drug-likeness (QED) is 0.506. The number of nitrogens with one attached hydrogen (secondary N) is 1. The molecular formula is C23H28N4O5S. The number of carbonyl (C=O) groups excluding carboxylic acids is 1. The molecule has 0 saturated carbocycles. The van der Waals surface area contributed by atoms with Gasteiger partial charge in [-0.15, -0.1) is 11.3 Å². The summed E-state index contributed by atoms with van der Waals surface area (Å²) in [7, 11) is 4.71. The molecule has 1 atom stereocenters. The van der Waals surface area contributed by atoms with E-state index in [0.29, 0.717) is 48.6 Å². The molecule has 1 amide bonds. The lowest BCUT2D eigenvalue weighted by atomic mass is 9.97. The number of methoxy groups -OCH3 is 3. The number of likely N-dealkylation sites (tertiary alicyclic amines) is 1. The average molecular weight is 473 g/mol. The zero-order valence-electron chi connectivity index (χ0n) is 19.0. The predicted octanol–water partition coefficient (Wildman–Crippen LogP) is 3.35. The molecule has 1 N–H and O–H groups in total. The Kier molecular flexibility index (Phi) is 7.46. The minimum absolute atomic E-state index is 0.0151. The van der Waals surface area contributed by atoms with Gasteiger partial charge < -0.3 is 24.1 Å². The predicted molar refractivity (Wildman–Crippen MR) is 124 cm³/mol. The van der Waals surface area contributed by atoms with Crippen LogP contribution < -0.4 is 19.5 Å². The van der Waals surface area contributed by atoms with E-state index in [-0.39, 0.29) is 11.8 Å². The average Bonchev–Trinajstić information content (AvgIpc) is 3.54. The zero-order valence-corrected chi connectivity index (χ0v) is 19.8. The summed E-state index contributed by atoms with van der Waals surface area (Å²) in [6.45, 7) is 2.41. The number of amides is 1. The van der Waals surface area contributed by atoms with Crippen molar-refractivity contribution in [2.24, 2.45) is 5.92 Å². The molecule has 2 aromatic heterocycles. The number of ether oxygens (including phenoxy) is 3. The normalized spacial score (nSPS) is 16.4. The van der Waals surface area contributed by atoms with Crippen molar-refractivity contribution in [2.75, 3.05) is 34.4 Å². The van der Waals surface area contributed by atoms with Crippen LogP contribution in [0.1, 0.15) is 24.3 Å². The van der Waals surface area contributed by atoms with Crippen LogP contribution in [0.2, 0.25) is 0 Å². The van der Waals surface area contributed by atoms with Gasteiger partial charge in [0.25, 0.3) is 0 Å². The van der Waals surface area contributed by atoms with E-state index in [1.807, 2.05) is 23.6 Å². The lowest BCUT2D eigenvalue weighted by molar-refractivity contribution is -0.127. The third kappa shape index (κ3) is 5.28. The Morgan fingerprint density at radius 1 is 1.21 bits per heavy atom. The van der Waals surface area contributed by atoms with E-state index < -0.39 is 0 Å². The summed E-state index contributed by atoms with van der Waals surface area (Å²) in [5, 5.41) is 9.10. The highest BCUT2D eigenvalue weighted by atomic mass is 32.1. The van der Waals surface area contributed by atoms with Gasteiger partial charge in [-0.1, -0.05) is 11.2 Å². The number of benzene rings is 1. The Morgan fingerprint density at radius 2 is 2.06 bits per heavy atom. The van der Waals surface area contributed by atoms with Crippen molar-refractivity contribution >= 4 is 17.2 Å². The summed E-state index contributed by atoms with van der Waals surface area (Å²) >= 11 is 1.57. The first-order chi connectivity index (χ1) is 16.1. The van der Waals surface area contributed by atoms with Crippen LogP contribution in [0.3, 0.4) is 0 Å². The maximum atomic E-state index is 12.9. The molecule has 9 nitrogen and oxygen atoms in total. The van der Waals surface area contributed by atoms with Crippen LogP contribution in [0.4, 0.5) is 0 Å². The van der Waals surface area contributed by atoms with Crippen molar-refractivity contribution in [3.63, 3.8) is 0 Å². The van der Waals surface area contributed by atoms with Crippen molar-refractivity contribution in [1.29, 1.82) is 0 Å². The first kappa shape index (κ1) is 23.1. The van der Waals surface area contributed by atoms with Crippen molar-refractivity contribution in [1.82, 2.24) is 20.4 Å². The third-order valence-corrected chi connectivity index (χ3v) is 6.55. The molecule has 1 aromatic carbocycles. The highest BCUT2D eigenvalue weighted by Crippen LogP contribution is 2.39. The number of aromatic nitrogens is 2. The molecular weight excluding hydrogens is 444 g/mol. The van der Waals surface area contributed by atoms with E-state index in [9.17, 15) is 4.79 Å². The highest BCUT2D eigenvalue weighted by molar-refractivity contribution is 7.13. The Hall–Kier alpha value is -3.11. The molecule has 4 rings (SSSR count). The second kappa shape index (κ2) is 10.7. The van der Waals surface area contributed by atoms with Crippen LogP contribution in [0.25, 0.3) is 10.7 Å². The Bertz CT molecular complexity index is 1070. The first-order valence-corrected chi connectivity index (χ1v) is 11.6. The molecule has 3 heterocycles. The Balaban J connectivity index is 1.35. The van der Waals surface area contributed by atoms with E-state index in [2.05, 4.69) is 20.4 Å². The number of piperidine rings is 1. The zero-order chi connectivity index (χ0) is 23.2. The molecule has 176 valence electrons. The summed E-state index contributed by atoms with van der Waals surface area (Å²) in [5.74, 6) is 2.73. The van der Waals surface area contributed by atoms with Gasteiger partial charge >= 0.3 is 0 Å². The van der Waals surface area contributed by atoms with E-state index in [1.165, 1.54) is 0 Å². The molecule has 1 saturated heterocycles. The summed E-state index contributed by atoms with van der Waals surface area (Å²) < 4.78 is 21.7. The monoisotopic (exact) mass is 472 g/mol. The molecule has 3 aromatic rings. The van der Waals surface area contributed by atoms with Gasteiger partial charge in [0, 0.05) is 18.7 Å². The van der Waals surface area contributed by atoms with Crippen molar-refractivity contribution in [2.45, 2.75) is 25.9 Å². The van der Waals surface area contributed by atoms with Gasteiger partial charge in [-0.25, -0.2) is 0 Å². The number of hydrogen-bond acceptors (Lipinski definition) is 9. The van der Waals surface area contributed by atoms with Gasteiger partial charge in [0.2, 0.25) is 23.4 Å². The van der Waals surface area contributed by atoms with Crippen molar-refractivity contribution < 1.29 is 23.5 Å². The van der Waals surface area contributed by atoms with Crippen LogP contribution in [0.5, 0.6) is 17.2 Å². The second-order valence-electron chi connectivity index (χ2n) is 7.77. The maximum Gasteiger partial charge on any atom is 0.241 e. The molecule has 10 heteroatoms. The highest BCUT2D eigenvalue weighted by Gasteiger charge is 2.27. The molecule has 33 heavy (non-hydrogen) atoms. The lowest BCUT2D eigenvalue weighted by Gasteiger charge is -2.31. The van der Waals surface area contributed by atoms with E-state index in [4.69, 9.17) is 18.7 Å². The van der Waals surface area contributed by atoms with Crippen molar-refractivity contribution in [3.8, 4) is 28.0 Å². The molecule has 1 aliphatic heterocycles. The lowest BCUT2D eigenvalue weighted by Crippen LogP contribution is -2.42. The Labute approximate surface area is 196 Å². The largest absolute Gasteiger partial charge is 0.493 e. The molecule has 0 spiro atoms. The van der Waals surface area contributed by atoms with Crippen molar-refractivity contribution in [3.05, 3.63) is 41.1 Å². The number of nitrogens with zero attached hydrogens (tertiary/aromatic N) is 3. The van der Waals surface area contributed by atoms with Crippen LogP contribution in [0.15, 0.2) is 34.2 Å². The van der Waals surface area contributed by atoms with Gasteiger partial charge in [-0.3, -0.25) is 9.69 Å². The molecule has 1 unspecified atom stereocenters. The first-order valence-electron chi connectivity index (χ1n) is 10.8. The Morgan fingerprint density at radius 3 is 2.79 bits per heavy atom. The standard InChI is InChI=1S/C23H28N4O5S/c1-29-17-9-8-15(20(30-2)21(17)31-3)12-24-23(28)16-6-4-10-27(13-16)14-19-25-22(26-32-19)18-7-5-11-33-18/h5,7-9,11,16H,4,6,10,12-14H2,1-3H3,(H,24,28).